The van der Waals surface area contributed by atoms with E-state index in [-0.39, 0.29) is 0 Å². The first-order chi connectivity index (χ1) is 25.9. The third-order valence-corrected chi connectivity index (χ3v) is 10.2. The molecule has 0 unspecified atom stereocenters. The molecule has 254 valence electrons. The van der Waals surface area contributed by atoms with Crippen molar-refractivity contribution >= 4 is 54.4 Å². The Kier molecular flexibility index (Phi) is 6.79. The van der Waals surface area contributed by atoms with Crippen molar-refractivity contribution in [2.45, 2.75) is 0 Å². The van der Waals surface area contributed by atoms with Crippen molar-refractivity contribution in [3.63, 3.8) is 0 Å². The second kappa shape index (κ2) is 11.6. The van der Waals surface area contributed by atoms with Crippen LogP contribution in [0, 0.1) is 29.1 Å². The molecule has 0 saturated carbocycles. The Bertz CT molecular complexity index is 3040. The average Bonchev–Trinajstić information content (AvgIpc) is 3.72. The number of hydrogen-bond acceptors (Lipinski definition) is 1. The van der Waals surface area contributed by atoms with Crippen LogP contribution in [0.1, 0.15) is 0 Å². The molecule has 7 aromatic carbocycles. The fourth-order valence-corrected chi connectivity index (χ4v) is 7.84. The van der Waals surface area contributed by atoms with Crippen LogP contribution in [0.25, 0.3) is 88.1 Å². The molecule has 0 spiro atoms. The molecule has 10 aromatic rings. The molecule has 0 aliphatic heterocycles. The van der Waals surface area contributed by atoms with Gasteiger partial charge in [-0.1, -0.05) is 103 Å². The van der Waals surface area contributed by atoms with Gasteiger partial charge in [-0.2, -0.15) is 0 Å². The summed E-state index contributed by atoms with van der Waals surface area (Å²) in [5.41, 5.74) is 4.98. The SMILES string of the molecule is Fc1c(F)c(F)c(-n2c3ccccc3c3ccc(-c4cccc5cccc(-c6ccc(-n7c8ccccc8c8ccccc87)nc6)c45)cc32)c(F)c1F. The molecule has 0 radical (unpaired) electrons. The third-order valence-electron chi connectivity index (χ3n) is 10.2. The molecule has 8 heteroatoms. The highest BCUT2D eigenvalue weighted by Crippen LogP contribution is 2.41. The zero-order valence-electron chi connectivity index (χ0n) is 27.6. The van der Waals surface area contributed by atoms with E-state index in [1.165, 1.54) is 0 Å². The van der Waals surface area contributed by atoms with Crippen LogP contribution in [-0.2, 0) is 0 Å². The van der Waals surface area contributed by atoms with E-state index in [1.54, 1.807) is 30.3 Å². The number of rotatable bonds is 4. The van der Waals surface area contributed by atoms with Crippen molar-refractivity contribution in [1.82, 2.24) is 14.1 Å². The van der Waals surface area contributed by atoms with Gasteiger partial charge in [0, 0.05) is 33.3 Å². The number of aromatic nitrogens is 3. The smallest absolute Gasteiger partial charge is 0.200 e. The van der Waals surface area contributed by atoms with E-state index >= 15 is 8.78 Å². The summed E-state index contributed by atoms with van der Waals surface area (Å²) in [6, 6.07) is 44.7. The quantitative estimate of drug-likeness (QED) is 0.102. The zero-order chi connectivity index (χ0) is 36.0. The highest BCUT2D eigenvalue weighted by Gasteiger charge is 2.29. The highest BCUT2D eigenvalue weighted by atomic mass is 19.2. The Morgan fingerprint density at radius 3 is 1.45 bits per heavy atom. The van der Waals surface area contributed by atoms with Crippen molar-refractivity contribution < 1.29 is 22.0 Å². The molecule has 53 heavy (non-hydrogen) atoms. The van der Waals surface area contributed by atoms with Crippen molar-refractivity contribution in [2.75, 3.05) is 0 Å². The molecule has 0 bridgehead atoms. The zero-order valence-corrected chi connectivity index (χ0v) is 27.6. The maximum atomic E-state index is 15.4. The summed E-state index contributed by atoms with van der Waals surface area (Å²) in [6.07, 6.45) is 1.86. The molecule has 0 fully saturated rings. The van der Waals surface area contributed by atoms with E-state index in [0.29, 0.717) is 27.4 Å². The fourth-order valence-electron chi connectivity index (χ4n) is 7.84. The first kappa shape index (κ1) is 31.0. The summed E-state index contributed by atoms with van der Waals surface area (Å²) in [7, 11) is 0. The first-order valence-corrected chi connectivity index (χ1v) is 16.9. The van der Waals surface area contributed by atoms with E-state index in [9.17, 15) is 13.2 Å². The van der Waals surface area contributed by atoms with Gasteiger partial charge < -0.3 is 4.57 Å². The monoisotopic (exact) mass is 701 g/mol. The highest BCUT2D eigenvalue weighted by molar-refractivity contribution is 6.13. The minimum absolute atomic E-state index is 0.290. The minimum atomic E-state index is -2.20. The van der Waals surface area contributed by atoms with Crippen LogP contribution >= 0.6 is 0 Å². The molecular formula is C45H24F5N3. The summed E-state index contributed by atoms with van der Waals surface area (Å²) >= 11 is 0. The van der Waals surface area contributed by atoms with Gasteiger partial charge in [-0.15, -0.1) is 0 Å². The van der Waals surface area contributed by atoms with Gasteiger partial charge in [-0.05, 0) is 63.9 Å². The van der Waals surface area contributed by atoms with Gasteiger partial charge in [0.05, 0.1) is 22.1 Å². The van der Waals surface area contributed by atoms with Crippen LogP contribution < -0.4 is 0 Å². The molecule has 0 N–H and O–H groups in total. The molecule has 0 aliphatic carbocycles. The van der Waals surface area contributed by atoms with E-state index in [2.05, 4.69) is 28.8 Å². The molecular weight excluding hydrogens is 678 g/mol. The van der Waals surface area contributed by atoms with Gasteiger partial charge in [0.25, 0.3) is 0 Å². The molecule has 3 aromatic heterocycles. The predicted molar refractivity (Wildman–Crippen MR) is 201 cm³/mol. The number of pyridine rings is 1. The average molecular weight is 702 g/mol. The number of hydrogen-bond donors (Lipinski definition) is 0. The van der Waals surface area contributed by atoms with E-state index in [1.807, 2.05) is 91.1 Å². The second-order valence-electron chi connectivity index (χ2n) is 13.0. The van der Waals surface area contributed by atoms with Gasteiger partial charge in [0.15, 0.2) is 23.3 Å². The van der Waals surface area contributed by atoms with Crippen molar-refractivity contribution in [1.29, 1.82) is 0 Å². The van der Waals surface area contributed by atoms with Crippen molar-refractivity contribution in [3.8, 4) is 33.8 Å². The maximum Gasteiger partial charge on any atom is 0.200 e. The summed E-state index contributed by atoms with van der Waals surface area (Å²) in [5.74, 6) is -9.24. The topological polar surface area (TPSA) is 22.8 Å². The lowest BCUT2D eigenvalue weighted by Gasteiger charge is -2.15. The van der Waals surface area contributed by atoms with Gasteiger partial charge in [0.2, 0.25) is 5.82 Å². The molecule has 3 heterocycles. The van der Waals surface area contributed by atoms with E-state index in [4.69, 9.17) is 4.98 Å². The summed E-state index contributed by atoms with van der Waals surface area (Å²) < 4.78 is 77.4. The standard InChI is InChI=1S/C45H24F5N3/c46-40-41(47)43(49)45(44(50)42(40)48)53-36-18-6-3-13-32(36)33-21-19-26(23-37(33)53)28-14-7-9-25-10-8-15-29(39(25)28)27-20-22-38(51-24-27)52-34-16-4-1-11-30(34)31-12-2-5-17-35(31)52/h1-24H. The minimum Gasteiger partial charge on any atom is -0.304 e. The molecule has 3 nitrogen and oxygen atoms in total. The summed E-state index contributed by atoms with van der Waals surface area (Å²) in [6.45, 7) is 0. The largest absolute Gasteiger partial charge is 0.304 e. The molecule has 0 saturated heterocycles. The number of fused-ring (bicyclic) bond motifs is 7. The number of benzene rings is 7. The van der Waals surface area contributed by atoms with E-state index in [0.717, 1.165) is 59.7 Å². The van der Waals surface area contributed by atoms with Gasteiger partial charge >= 0.3 is 0 Å². The lowest BCUT2D eigenvalue weighted by Crippen LogP contribution is -2.09. The van der Waals surface area contributed by atoms with Gasteiger partial charge in [-0.25, -0.2) is 26.9 Å². The van der Waals surface area contributed by atoms with Gasteiger partial charge in [-0.3, -0.25) is 4.57 Å². The second-order valence-corrected chi connectivity index (χ2v) is 13.0. The van der Waals surface area contributed by atoms with Crippen LogP contribution in [0.4, 0.5) is 22.0 Å². The van der Waals surface area contributed by atoms with Crippen molar-refractivity contribution in [3.05, 3.63) is 175 Å². The number of para-hydroxylation sites is 3. The number of halogens is 5. The normalized spacial score (nSPS) is 11.9. The molecule has 0 atom stereocenters. The molecule has 10 rings (SSSR count). The lowest BCUT2D eigenvalue weighted by atomic mass is 9.91. The number of nitrogens with zero attached hydrogens (tertiary/aromatic N) is 3. The Morgan fingerprint density at radius 1 is 0.396 bits per heavy atom. The lowest BCUT2D eigenvalue weighted by molar-refractivity contribution is 0.376. The predicted octanol–water partition coefficient (Wildman–Crippen LogP) is 12.5. The third kappa shape index (κ3) is 4.48. The van der Waals surface area contributed by atoms with Crippen LogP contribution in [0.15, 0.2) is 146 Å². The Morgan fingerprint density at radius 2 is 0.887 bits per heavy atom. The van der Waals surface area contributed by atoms with Crippen molar-refractivity contribution in [2.24, 2.45) is 0 Å². The van der Waals surface area contributed by atoms with Crippen LogP contribution in [0.2, 0.25) is 0 Å². The summed E-state index contributed by atoms with van der Waals surface area (Å²) in [5, 5.41) is 5.35. The Hall–Kier alpha value is -6.80. The maximum absolute atomic E-state index is 15.4. The van der Waals surface area contributed by atoms with Gasteiger partial charge in [0.1, 0.15) is 11.5 Å². The van der Waals surface area contributed by atoms with Crippen LogP contribution in [-0.4, -0.2) is 14.1 Å². The van der Waals surface area contributed by atoms with Crippen LogP contribution in [0.5, 0.6) is 0 Å². The van der Waals surface area contributed by atoms with Crippen LogP contribution in [0.3, 0.4) is 0 Å². The van der Waals surface area contributed by atoms with E-state index < -0.39 is 34.8 Å². The Balaban J connectivity index is 1.17. The fraction of sp³-hybridized carbons (Fsp3) is 0. The molecule has 0 amide bonds. The molecule has 0 aliphatic rings. The summed E-state index contributed by atoms with van der Waals surface area (Å²) in [4.78, 5) is 4.95. The first-order valence-electron chi connectivity index (χ1n) is 16.9. The Labute approximate surface area is 298 Å².